The molecule has 0 aliphatic carbocycles. The van der Waals surface area contributed by atoms with Crippen LogP contribution in [-0.2, 0) is 11.4 Å². The average Bonchev–Trinajstić information content (AvgIpc) is 3.21. The summed E-state index contributed by atoms with van der Waals surface area (Å²) >= 11 is 0. The minimum atomic E-state index is 0.179. The fourth-order valence-corrected chi connectivity index (χ4v) is 2.86. The van der Waals surface area contributed by atoms with Crippen molar-refractivity contribution in [1.29, 1.82) is 0 Å². The lowest BCUT2D eigenvalue weighted by atomic mass is 10.2. The molecule has 0 radical (unpaired) electrons. The maximum absolute atomic E-state index is 11.8. The van der Waals surface area contributed by atoms with E-state index in [1.807, 2.05) is 47.4 Å². The van der Waals surface area contributed by atoms with Crippen LogP contribution in [-0.4, -0.2) is 19.2 Å². The summed E-state index contributed by atoms with van der Waals surface area (Å²) in [6.07, 6.45) is 1.55. The zero-order valence-corrected chi connectivity index (χ0v) is 12.7. The van der Waals surface area contributed by atoms with Gasteiger partial charge in [-0.3, -0.25) is 4.79 Å². The molecule has 2 aromatic rings. The monoisotopic (exact) mass is 311 g/mol. The van der Waals surface area contributed by atoms with E-state index in [0.29, 0.717) is 13.0 Å². The van der Waals surface area contributed by atoms with Crippen LogP contribution in [0.4, 0.5) is 5.69 Å². The standard InChI is InChI=1S/C18H17NO4/c20-18-5-2-8-19(18)14-3-1-4-15(10-14)21-11-13-6-7-16-17(9-13)23-12-22-16/h1,3-4,6-7,9-10H,2,5,8,11-12H2. The van der Waals surface area contributed by atoms with E-state index in [9.17, 15) is 4.79 Å². The fourth-order valence-electron chi connectivity index (χ4n) is 2.86. The second-order valence-electron chi connectivity index (χ2n) is 5.62. The van der Waals surface area contributed by atoms with Gasteiger partial charge in [-0.15, -0.1) is 0 Å². The van der Waals surface area contributed by atoms with Gasteiger partial charge in [-0.25, -0.2) is 0 Å². The number of benzene rings is 2. The normalized spacial score (nSPS) is 16.0. The first-order chi connectivity index (χ1) is 11.3. The number of anilines is 1. The van der Waals surface area contributed by atoms with Crippen molar-refractivity contribution < 1.29 is 19.0 Å². The summed E-state index contributed by atoms with van der Waals surface area (Å²) in [4.78, 5) is 13.6. The molecule has 0 spiro atoms. The van der Waals surface area contributed by atoms with E-state index in [-0.39, 0.29) is 12.7 Å². The molecule has 0 unspecified atom stereocenters. The van der Waals surface area contributed by atoms with E-state index in [1.165, 1.54) is 0 Å². The highest BCUT2D eigenvalue weighted by Crippen LogP contribution is 2.33. The molecule has 0 saturated carbocycles. The molecule has 1 amide bonds. The summed E-state index contributed by atoms with van der Waals surface area (Å²) in [6.45, 7) is 1.49. The Bertz CT molecular complexity index is 744. The Morgan fingerprint density at radius 1 is 1.09 bits per heavy atom. The molecule has 0 aromatic heterocycles. The van der Waals surface area contributed by atoms with Gasteiger partial charge in [0.05, 0.1) is 0 Å². The zero-order chi connectivity index (χ0) is 15.6. The fraction of sp³-hybridized carbons (Fsp3) is 0.278. The van der Waals surface area contributed by atoms with Crippen molar-refractivity contribution in [2.24, 2.45) is 0 Å². The predicted molar refractivity (Wildman–Crippen MR) is 84.9 cm³/mol. The molecule has 5 heteroatoms. The molecule has 2 aliphatic rings. The van der Waals surface area contributed by atoms with Crippen LogP contribution in [0.3, 0.4) is 0 Å². The first kappa shape index (κ1) is 13.9. The number of hydrogen-bond acceptors (Lipinski definition) is 4. The van der Waals surface area contributed by atoms with Crippen LogP contribution in [0.5, 0.6) is 17.2 Å². The first-order valence-electron chi connectivity index (χ1n) is 7.71. The van der Waals surface area contributed by atoms with Crippen LogP contribution < -0.4 is 19.1 Å². The summed E-state index contributed by atoms with van der Waals surface area (Å²) in [5, 5.41) is 0. The second-order valence-corrected chi connectivity index (χ2v) is 5.62. The van der Waals surface area contributed by atoms with Crippen LogP contribution in [0, 0.1) is 0 Å². The molecule has 0 atom stereocenters. The number of amides is 1. The van der Waals surface area contributed by atoms with Crippen molar-refractivity contribution in [3.05, 3.63) is 48.0 Å². The van der Waals surface area contributed by atoms with Gasteiger partial charge in [-0.1, -0.05) is 12.1 Å². The van der Waals surface area contributed by atoms with E-state index in [1.54, 1.807) is 0 Å². The Morgan fingerprint density at radius 3 is 2.87 bits per heavy atom. The van der Waals surface area contributed by atoms with Crippen molar-refractivity contribution in [3.63, 3.8) is 0 Å². The van der Waals surface area contributed by atoms with Gasteiger partial charge in [0.1, 0.15) is 12.4 Å². The summed E-state index contributed by atoms with van der Waals surface area (Å²) in [6, 6.07) is 13.4. The smallest absolute Gasteiger partial charge is 0.231 e. The number of fused-ring (bicyclic) bond motifs is 1. The van der Waals surface area contributed by atoms with Gasteiger partial charge < -0.3 is 19.1 Å². The molecule has 0 bridgehead atoms. The average molecular weight is 311 g/mol. The molecule has 4 rings (SSSR count). The lowest BCUT2D eigenvalue weighted by molar-refractivity contribution is -0.117. The molecule has 2 aromatic carbocycles. The van der Waals surface area contributed by atoms with E-state index in [2.05, 4.69) is 0 Å². The van der Waals surface area contributed by atoms with Gasteiger partial charge in [-0.05, 0) is 36.2 Å². The van der Waals surface area contributed by atoms with Gasteiger partial charge in [0.25, 0.3) is 0 Å². The Kier molecular flexibility index (Phi) is 3.54. The van der Waals surface area contributed by atoms with Crippen LogP contribution in [0.15, 0.2) is 42.5 Å². The number of nitrogens with zero attached hydrogens (tertiary/aromatic N) is 1. The molecule has 2 aliphatic heterocycles. The lowest BCUT2D eigenvalue weighted by Gasteiger charge is -2.16. The molecule has 5 nitrogen and oxygen atoms in total. The van der Waals surface area contributed by atoms with Crippen LogP contribution in [0.25, 0.3) is 0 Å². The highest BCUT2D eigenvalue weighted by molar-refractivity contribution is 5.95. The third-order valence-corrected chi connectivity index (χ3v) is 4.05. The van der Waals surface area contributed by atoms with Crippen molar-refractivity contribution in [2.45, 2.75) is 19.4 Å². The summed E-state index contributed by atoms with van der Waals surface area (Å²) in [5.74, 6) is 2.45. The lowest BCUT2D eigenvalue weighted by Crippen LogP contribution is -2.23. The second kappa shape index (κ2) is 5.83. The maximum Gasteiger partial charge on any atom is 0.231 e. The van der Waals surface area contributed by atoms with Crippen molar-refractivity contribution in [3.8, 4) is 17.2 Å². The highest BCUT2D eigenvalue weighted by Gasteiger charge is 2.21. The molecule has 2 heterocycles. The predicted octanol–water partition coefficient (Wildman–Crippen LogP) is 3.12. The van der Waals surface area contributed by atoms with Gasteiger partial charge in [0.2, 0.25) is 12.7 Å². The SMILES string of the molecule is O=C1CCCN1c1cccc(OCc2ccc3c(c2)OCO3)c1. The van der Waals surface area contributed by atoms with E-state index in [4.69, 9.17) is 14.2 Å². The first-order valence-corrected chi connectivity index (χ1v) is 7.71. The number of ether oxygens (including phenoxy) is 3. The third-order valence-electron chi connectivity index (χ3n) is 4.05. The summed E-state index contributed by atoms with van der Waals surface area (Å²) < 4.78 is 16.5. The van der Waals surface area contributed by atoms with Crippen LogP contribution in [0.1, 0.15) is 18.4 Å². The number of carbonyl (C=O) groups excluding carboxylic acids is 1. The quantitative estimate of drug-likeness (QED) is 0.870. The molecule has 23 heavy (non-hydrogen) atoms. The molecule has 1 saturated heterocycles. The number of carbonyl (C=O) groups is 1. The van der Waals surface area contributed by atoms with Gasteiger partial charge >= 0.3 is 0 Å². The minimum absolute atomic E-state index is 0.179. The number of hydrogen-bond donors (Lipinski definition) is 0. The summed E-state index contributed by atoms with van der Waals surface area (Å²) in [7, 11) is 0. The van der Waals surface area contributed by atoms with Crippen LogP contribution >= 0.6 is 0 Å². The largest absolute Gasteiger partial charge is 0.489 e. The van der Waals surface area contributed by atoms with E-state index < -0.39 is 0 Å². The molecular formula is C18H17NO4. The van der Waals surface area contributed by atoms with Gasteiger partial charge in [-0.2, -0.15) is 0 Å². The topological polar surface area (TPSA) is 48.0 Å². The Balaban J connectivity index is 1.46. The third kappa shape index (κ3) is 2.82. The van der Waals surface area contributed by atoms with E-state index >= 15 is 0 Å². The molecule has 1 fully saturated rings. The minimum Gasteiger partial charge on any atom is -0.489 e. The van der Waals surface area contributed by atoms with Crippen molar-refractivity contribution in [2.75, 3.05) is 18.2 Å². The van der Waals surface area contributed by atoms with Crippen LogP contribution in [0.2, 0.25) is 0 Å². The zero-order valence-electron chi connectivity index (χ0n) is 12.7. The van der Waals surface area contributed by atoms with Crippen molar-refractivity contribution in [1.82, 2.24) is 0 Å². The maximum atomic E-state index is 11.8. The Hall–Kier alpha value is -2.69. The number of rotatable bonds is 4. The molecule has 0 N–H and O–H groups in total. The summed E-state index contributed by atoms with van der Waals surface area (Å²) in [5.41, 5.74) is 1.91. The van der Waals surface area contributed by atoms with Gasteiger partial charge in [0.15, 0.2) is 11.5 Å². The highest BCUT2D eigenvalue weighted by atomic mass is 16.7. The molecular weight excluding hydrogens is 294 g/mol. The van der Waals surface area contributed by atoms with Crippen molar-refractivity contribution >= 4 is 11.6 Å². The Labute approximate surface area is 134 Å². The van der Waals surface area contributed by atoms with E-state index in [0.717, 1.165) is 41.5 Å². The molecule has 118 valence electrons. The van der Waals surface area contributed by atoms with Gasteiger partial charge in [0, 0.05) is 24.7 Å². The Morgan fingerprint density at radius 2 is 2.00 bits per heavy atom.